The number of benzene rings is 1. The van der Waals surface area contributed by atoms with E-state index in [1.165, 1.54) is 32.0 Å². The molecule has 1 radical (unpaired) electrons. The van der Waals surface area contributed by atoms with Gasteiger partial charge < -0.3 is 25.3 Å². The largest absolute Gasteiger partial charge is 0.493 e. The zero-order valence-electron chi connectivity index (χ0n) is 17.4. The van der Waals surface area contributed by atoms with Gasteiger partial charge in [-0.15, -0.1) is 0 Å². The number of likely N-dealkylation sites (tertiary alicyclic amines) is 1. The molecule has 7 heteroatoms. The van der Waals surface area contributed by atoms with Crippen LogP contribution in [0.3, 0.4) is 0 Å². The first-order chi connectivity index (χ1) is 14.3. The molecule has 4 N–H and O–H groups in total. The van der Waals surface area contributed by atoms with Crippen LogP contribution >= 0.6 is 0 Å². The second-order valence-corrected chi connectivity index (χ2v) is 8.76. The molecule has 0 spiro atoms. The lowest BCUT2D eigenvalue weighted by molar-refractivity contribution is 0.0995. The molecule has 3 aromatic rings. The minimum Gasteiger partial charge on any atom is -0.493 e. The molecule has 0 bridgehead atoms. The van der Waals surface area contributed by atoms with Crippen molar-refractivity contribution in [3.05, 3.63) is 52.4 Å². The van der Waals surface area contributed by atoms with E-state index in [1.54, 1.807) is 0 Å². The third kappa shape index (κ3) is 4.41. The van der Waals surface area contributed by atoms with Crippen LogP contribution < -0.4 is 16.0 Å². The second-order valence-electron chi connectivity index (χ2n) is 8.76. The first-order valence-corrected chi connectivity index (χ1v) is 10.2. The molecule has 1 saturated heterocycles. The number of carbonyl (C=O) groups excluding carboxylic acids is 1. The number of aromatic amines is 2. The van der Waals surface area contributed by atoms with Crippen molar-refractivity contribution in [2.75, 3.05) is 26.2 Å². The Morgan fingerprint density at radius 3 is 2.70 bits per heavy atom. The highest BCUT2D eigenvalue weighted by Gasteiger charge is 2.24. The average molecular weight is 407 g/mol. The standard InChI is InChI=1S/C23H27N4O3/c1-23(2,13-27-9-3-4-10-27)14-30-16-5-7-18-15(11-16)12-20(25-18)17-6-8-19(21(24)28)26-22(17)29/h5-7,11-12,25H,3-4,9-10,13-14H2,1-2H3,(H2,24,28)(H,26,29). The molecule has 4 rings (SSSR count). The number of amides is 1. The molecule has 1 aromatic carbocycles. The Hall–Kier alpha value is -3.06. The molecule has 3 heterocycles. The number of pyridine rings is 1. The summed E-state index contributed by atoms with van der Waals surface area (Å²) in [5.74, 6) is 0.0804. The highest BCUT2D eigenvalue weighted by molar-refractivity contribution is 5.91. The van der Waals surface area contributed by atoms with Gasteiger partial charge in [-0.3, -0.25) is 9.59 Å². The van der Waals surface area contributed by atoms with Gasteiger partial charge in [-0.05, 0) is 56.3 Å². The number of hydrogen-bond acceptors (Lipinski definition) is 4. The van der Waals surface area contributed by atoms with Gasteiger partial charge in [-0.2, -0.15) is 0 Å². The summed E-state index contributed by atoms with van der Waals surface area (Å²) in [7, 11) is 0. The van der Waals surface area contributed by atoms with Crippen molar-refractivity contribution in [3.63, 3.8) is 0 Å². The van der Waals surface area contributed by atoms with Crippen molar-refractivity contribution in [2.45, 2.75) is 26.7 Å². The Bertz CT molecular complexity index is 1120. The van der Waals surface area contributed by atoms with Crippen LogP contribution in [-0.2, 0) is 0 Å². The van der Waals surface area contributed by atoms with Gasteiger partial charge in [0.25, 0.3) is 11.5 Å². The third-order valence-corrected chi connectivity index (χ3v) is 5.45. The van der Waals surface area contributed by atoms with Gasteiger partial charge in [-0.1, -0.05) is 13.8 Å². The van der Waals surface area contributed by atoms with Crippen LogP contribution in [0.2, 0.25) is 0 Å². The summed E-state index contributed by atoms with van der Waals surface area (Å²) in [6, 6.07) is 11.9. The third-order valence-electron chi connectivity index (χ3n) is 5.45. The second kappa shape index (κ2) is 7.99. The van der Waals surface area contributed by atoms with Gasteiger partial charge in [0.05, 0.1) is 17.9 Å². The minimum absolute atomic E-state index is 0.0351. The first-order valence-electron chi connectivity index (χ1n) is 10.2. The lowest BCUT2D eigenvalue weighted by Gasteiger charge is -2.29. The van der Waals surface area contributed by atoms with Crippen molar-refractivity contribution in [1.29, 1.82) is 0 Å². The van der Waals surface area contributed by atoms with Crippen LogP contribution in [0.15, 0.2) is 35.1 Å². The maximum atomic E-state index is 12.3. The monoisotopic (exact) mass is 407 g/mol. The molecule has 0 aliphatic carbocycles. The van der Waals surface area contributed by atoms with Crippen LogP contribution in [0, 0.1) is 11.5 Å². The number of aromatic nitrogens is 2. The van der Waals surface area contributed by atoms with Gasteiger partial charge in [0.15, 0.2) is 0 Å². The molecule has 2 aromatic heterocycles. The quantitative estimate of drug-likeness (QED) is 0.560. The maximum absolute atomic E-state index is 12.3. The van der Waals surface area contributed by atoms with E-state index < -0.39 is 11.5 Å². The van der Waals surface area contributed by atoms with Crippen LogP contribution in [0.4, 0.5) is 0 Å². The number of rotatable bonds is 7. The molecule has 1 aliphatic heterocycles. The minimum atomic E-state index is -0.718. The molecule has 0 saturated carbocycles. The predicted molar refractivity (Wildman–Crippen MR) is 117 cm³/mol. The van der Waals surface area contributed by atoms with E-state index in [2.05, 4.69) is 34.8 Å². The lowest BCUT2D eigenvalue weighted by atomic mass is 9.94. The topological polar surface area (TPSA) is 104 Å². The number of nitrogens with two attached hydrogens (primary N) is 1. The smallest absolute Gasteiger partial charge is 0.265 e. The Morgan fingerprint density at radius 1 is 1.23 bits per heavy atom. The maximum Gasteiger partial charge on any atom is 0.265 e. The van der Waals surface area contributed by atoms with Crippen molar-refractivity contribution < 1.29 is 9.53 Å². The molecule has 0 unspecified atom stereocenters. The summed E-state index contributed by atoms with van der Waals surface area (Å²) in [5, 5.41) is 0.943. The number of fused-ring (bicyclic) bond motifs is 1. The number of primary amides is 1. The normalized spacial score (nSPS) is 15.0. The summed E-state index contributed by atoms with van der Waals surface area (Å²) in [6.45, 7) is 8.49. The Kier molecular flexibility index (Phi) is 5.39. The van der Waals surface area contributed by atoms with Crippen LogP contribution in [0.25, 0.3) is 22.2 Å². The van der Waals surface area contributed by atoms with Gasteiger partial charge >= 0.3 is 0 Å². The summed E-state index contributed by atoms with van der Waals surface area (Å²) in [6.07, 6.45) is 2.57. The number of carbonyl (C=O) groups is 1. The average Bonchev–Trinajstić information content (AvgIpc) is 3.34. The molecule has 30 heavy (non-hydrogen) atoms. The van der Waals surface area contributed by atoms with Crippen molar-refractivity contribution in [1.82, 2.24) is 14.9 Å². The zero-order valence-corrected chi connectivity index (χ0v) is 17.4. The predicted octanol–water partition coefficient (Wildman–Crippen LogP) is 2.92. The number of ether oxygens (including phenoxy) is 1. The molecule has 7 nitrogen and oxygen atoms in total. The van der Waals surface area contributed by atoms with Crippen LogP contribution in [-0.4, -0.2) is 47.0 Å². The molecule has 1 fully saturated rings. The van der Waals surface area contributed by atoms with E-state index in [0.29, 0.717) is 17.9 Å². The van der Waals surface area contributed by atoms with E-state index in [1.807, 2.05) is 24.3 Å². The van der Waals surface area contributed by atoms with E-state index in [-0.39, 0.29) is 11.1 Å². The summed E-state index contributed by atoms with van der Waals surface area (Å²) in [5.41, 5.74) is 6.76. The van der Waals surface area contributed by atoms with Crippen LogP contribution in [0.5, 0.6) is 5.75 Å². The fourth-order valence-electron chi connectivity index (χ4n) is 3.98. The molecular formula is C23H27N4O3. The Labute approximate surface area is 175 Å². The summed E-state index contributed by atoms with van der Waals surface area (Å²) in [4.78, 5) is 31.7. The summed E-state index contributed by atoms with van der Waals surface area (Å²) < 4.78 is 6.10. The number of H-pyrrole nitrogens is 2. The van der Waals surface area contributed by atoms with E-state index in [9.17, 15) is 9.59 Å². The highest BCUT2D eigenvalue weighted by atomic mass is 16.5. The first kappa shape index (κ1) is 20.2. The molecule has 157 valence electrons. The summed E-state index contributed by atoms with van der Waals surface area (Å²) >= 11 is 0. The van der Waals surface area contributed by atoms with Crippen molar-refractivity contribution >= 4 is 16.8 Å². The Balaban J connectivity index is 1.50. The highest BCUT2D eigenvalue weighted by Crippen LogP contribution is 2.27. The van der Waals surface area contributed by atoms with Gasteiger partial charge in [0.1, 0.15) is 11.4 Å². The number of hydrogen-bond donors (Lipinski definition) is 3. The Morgan fingerprint density at radius 2 is 2.00 bits per heavy atom. The van der Waals surface area contributed by atoms with E-state index in [4.69, 9.17) is 10.5 Å². The van der Waals surface area contributed by atoms with E-state index in [0.717, 1.165) is 23.2 Å². The fourth-order valence-corrected chi connectivity index (χ4v) is 3.98. The molecule has 0 atom stereocenters. The fraction of sp³-hybridized carbons (Fsp3) is 0.391. The molecule has 1 amide bonds. The van der Waals surface area contributed by atoms with Crippen molar-refractivity contribution in [3.8, 4) is 17.0 Å². The number of nitrogens with zero attached hydrogens (tertiary/aromatic N) is 1. The molecule has 1 aliphatic rings. The van der Waals surface area contributed by atoms with Gasteiger partial charge in [-0.25, -0.2) is 0 Å². The molecular weight excluding hydrogens is 380 g/mol. The van der Waals surface area contributed by atoms with Crippen LogP contribution in [0.1, 0.15) is 37.2 Å². The van der Waals surface area contributed by atoms with E-state index >= 15 is 0 Å². The number of nitrogens with one attached hydrogen (secondary N) is 2. The lowest BCUT2D eigenvalue weighted by Crippen LogP contribution is -2.36. The van der Waals surface area contributed by atoms with Gasteiger partial charge in [0.2, 0.25) is 0 Å². The van der Waals surface area contributed by atoms with Crippen molar-refractivity contribution in [2.24, 2.45) is 11.1 Å². The van der Waals surface area contributed by atoms with Gasteiger partial charge in [0, 0.05) is 28.9 Å². The SMILES string of the molecule is CC(C)(COc1ccc2[nH]c(-c3c[c]c(C(N)=O)[nH]c3=O)cc2c1)CN1CCCC1. The zero-order chi connectivity index (χ0) is 21.3.